The molecule has 2 aromatic rings. The Balaban J connectivity index is 1.64. The van der Waals surface area contributed by atoms with E-state index in [0.29, 0.717) is 54.4 Å². The van der Waals surface area contributed by atoms with Gasteiger partial charge in [0.25, 0.3) is 11.8 Å². The maximum absolute atomic E-state index is 12.9. The van der Waals surface area contributed by atoms with Gasteiger partial charge in [0.1, 0.15) is 12.1 Å². The SMILES string of the molecule is C=C(C)C(=O)n1ccc(N2CCOc3cc(C(=O)N4CCCC(N)C4)cnc32)cc1=NC. The Labute approximate surface area is 186 Å². The molecule has 0 aliphatic carbocycles. The molecule has 1 atom stereocenters. The van der Waals surface area contributed by atoms with Gasteiger partial charge < -0.3 is 20.3 Å². The number of carbonyl (C=O) groups is 2. The molecule has 1 unspecified atom stereocenters. The molecule has 0 bridgehead atoms. The van der Waals surface area contributed by atoms with Gasteiger partial charge in [-0.3, -0.25) is 19.1 Å². The first kappa shape index (κ1) is 21.8. The second-order valence-corrected chi connectivity index (χ2v) is 8.12. The summed E-state index contributed by atoms with van der Waals surface area (Å²) < 4.78 is 7.29. The molecule has 4 heterocycles. The van der Waals surface area contributed by atoms with Crippen molar-refractivity contribution in [3.63, 3.8) is 0 Å². The van der Waals surface area contributed by atoms with E-state index in [9.17, 15) is 9.59 Å². The Morgan fingerprint density at radius 1 is 1.31 bits per heavy atom. The Kier molecular flexibility index (Phi) is 6.09. The number of nitrogens with two attached hydrogens (primary N) is 1. The summed E-state index contributed by atoms with van der Waals surface area (Å²) in [4.78, 5) is 37.9. The first-order valence-electron chi connectivity index (χ1n) is 10.7. The van der Waals surface area contributed by atoms with Crippen LogP contribution in [0.25, 0.3) is 0 Å². The van der Waals surface area contributed by atoms with Crippen LogP contribution in [-0.2, 0) is 0 Å². The number of pyridine rings is 2. The number of aromatic nitrogens is 2. The van der Waals surface area contributed by atoms with Crippen LogP contribution in [0.5, 0.6) is 5.75 Å². The summed E-state index contributed by atoms with van der Waals surface area (Å²) in [5.74, 6) is 0.878. The molecule has 0 spiro atoms. The minimum absolute atomic E-state index is 0.0146. The summed E-state index contributed by atoms with van der Waals surface area (Å²) in [6.45, 7) is 7.67. The lowest BCUT2D eigenvalue weighted by atomic mass is 10.1. The Bertz CT molecular complexity index is 1140. The van der Waals surface area contributed by atoms with E-state index in [1.165, 1.54) is 4.57 Å². The van der Waals surface area contributed by atoms with Crippen molar-refractivity contribution in [2.75, 3.05) is 38.2 Å². The highest BCUT2D eigenvalue weighted by Crippen LogP contribution is 2.35. The minimum atomic E-state index is -0.210. The van der Waals surface area contributed by atoms with E-state index in [2.05, 4.69) is 16.6 Å². The molecular formula is C23H28N6O3. The van der Waals surface area contributed by atoms with Gasteiger partial charge in [0.2, 0.25) is 0 Å². The van der Waals surface area contributed by atoms with Gasteiger partial charge in [-0.2, -0.15) is 0 Å². The predicted molar refractivity (Wildman–Crippen MR) is 121 cm³/mol. The van der Waals surface area contributed by atoms with Crippen LogP contribution in [0.4, 0.5) is 11.5 Å². The molecule has 0 radical (unpaired) electrons. The zero-order valence-electron chi connectivity index (χ0n) is 18.5. The van der Waals surface area contributed by atoms with Gasteiger partial charge in [-0.15, -0.1) is 0 Å². The number of fused-ring (bicyclic) bond motifs is 1. The van der Waals surface area contributed by atoms with Gasteiger partial charge in [0.05, 0.1) is 12.1 Å². The Hall–Kier alpha value is -3.46. The number of hydrogen-bond donors (Lipinski definition) is 1. The number of rotatable bonds is 3. The van der Waals surface area contributed by atoms with Crippen molar-refractivity contribution in [2.24, 2.45) is 10.7 Å². The van der Waals surface area contributed by atoms with E-state index >= 15 is 0 Å². The van der Waals surface area contributed by atoms with Crippen molar-refractivity contribution >= 4 is 23.3 Å². The molecule has 2 N–H and O–H groups in total. The monoisotopic (exact) mass is 436 g/mol. The van der Waals surface area contributed by atoms with Crippen molar-refractivity contribution in [1.29, 1.82) is 0 Å². The van der Waals surface area contributed by atoms with E-state index in [0.717, 1.165) is 18.5 Å². The molecule has 2 aliphatic rings. The highest BCUT2D eigenvalue weighted by Gasteiger charge is 2.26. The topological polar surface area (TPSA) is 106 Å². The number of likely N-dealkylation sites (tertiary alicyclic amines) is 1. The molecule has 9 heteroatoms. The molecule has 1 saturated heterocycles. The minimum Gasteiger partial charge on any atom is -0.488 e. The fraction of sp³-hybridized carbons (Fsp3) is 0.391. The van der Waals surface area contributed by atoms with Crippen LogP contribution in [0, 0.1) is 0 Å². The maximum Gasteiger partial charge on any atom is 0.258 e. The summed E-state index contributed by atoms with van der Waals surface area (Å²) in [5.41, 5.74) is 8.28. The van der Waals surface area contributed by atoms with E-state index in [4.69, 9.17) is 10.5 Å². The average Bonchev–Trinajstić information content (AvgIpc) is 2.81. The van der Waals surface area contributed by atoms with Crippen molar-refractivity contribution in [3.05, 3.63) is 53.8 Å². The maximum atomic E-state index is 12.9. The van der Waals surface area contributed by atoms with Crippen molar-refractivity contribution < 1.29 is 14.3 Å². The van der Waals surface area contributed by atoms with E-state index in [-0.39, 0.29) is 17.9 Å². The van der Waals surface area contributed by atoms with Crippen LogP contribution in [0.2, 0.25) is 0 Å². The molecule has 32 heavy (non-hydrogen) atoms. The fourth-order valence-corrected chi connectivity index (χ4v) is 4.04. The molecule has 1 fully saturated rings. The van der Waals surface area contributed by atoms with Crippen LogP contribution >= 0.6 is 0 Å². The van der Waals surface area contributed by atoms with Crippen LogP contribution in [-0.4, -0.2) is 65.6 Å². The third kappa shape index (κ3) is 4.16. The smallest absolute Gasteiger partial charge is 0.258 e. The van der Waals surface area contributed by atoms with Gasteiger partial charge in [0, 0.05) is 55.9 Å². The van der Waals surface area contributed by atoms with E-state index in [1.807, 2.05) is 17.0 Å². The molecular weight excluding hydrogens is 408 g/mol. The van der Waals surface area contributed by atoms with Gasteiger partial charge in [-0.1, -0.05) is 6.58 Å². The molecule has 2 aromatic heterocycles. The molecule has 0 aromatic carbocycles. The van der Waals surface area contributed by atoms with Crippen molar-refractivity contribution in [2.45, 2.75) is 25.8 Å². The van der Waals surface area contributed by atoms with Gasteiger partial charge >= 0.3 is 0 Å². The summed E-state index contributed by atoms with van der Waals surface area (Å²) in [6.07, 6.45) is 5.11. The van der Waals surface area contributed by atoms with Gasteiger partial charge in [-0.05, 0) is 31.9 Å². The second-order valence-electron chi connectivity index (χ2n) is 8.12. The normalized spacial score (nSPS) is 18.7. The second kappa shape index (κ2) is 8.96. The number of nitrogens with zero attached hydrogens (tertiary/aromatic N) is 5. The summed E-state index contributed by atoms with van der Waals surface area (Å²) in [6, 6.07) is 5.42. The molecule has 9 nitrogen and oxygen atoms in total. The first-order chi connectivity index (χ1) is 15.4. The van der Waals surface area contributed by atoms with Crippen LogP contribution in [0.3, 0.4) is 0 Å². The Morgan fingerprint density at radius 3 is 2.84 bits per heavy atom. The average molecular weight is 437 g/mol. The third-order valence-electron chi connectivity index (χ3n) is 5.70. The lowest BCUT2D eigenvalue weighted by Crippen LogP contribution is -2.45. The lowest BCUT2D eigenvalue weighted by Gasteiger charge is -2.32. The van der Waals surface area contributed by atoms with Crippen molar-refractivity contribution in [1.82, 2.24) is 14.5 Å². The standard InChI is InChI=1S/C23H28N6O3/c1-15(2)22(30)29-8-6-18(12-20(29)25-3)28-9-10-32-19-11-16(13-26-21(19)28)23(31)27-7-4-5-17(24)14-27/h6,8,11-13,17H,1,4-5,7,9-10,14,24H2,2-3H3. The zero-order valence-corrected chi connectivity index (χ0v) is 18.5. The quantitative estimate of drug-likeness (QED) is 0.735. The highest BCUT2D eigenvalue weighted by molar-refractivity contribution is 5.95. The lowest BCUT2D eigenvalue weighted by molar-refractivity contribution is 0.0707. The number of allylic oxidation sites excluding steroid dienone is 1. The highest BCUT2D eigenvalue weighted by atomic mass is 16.5. The van der Waals surface area contributed by atoms with E-state index < -0.39 is 0 Å². The third-order valence-corrected chi connectivity index (χ3v) is 5.70. The molecule has 1 amide bonds. The number of amides is 1. The number of anilines is 2. The molecule has 2 aliphatic heterocycles. The summed E-state index contributed by atoms with van der Waals surface area (Å²) in [7, 11) is 1.64. The number of piperidine rings is 1. The predicted octanol–water partition coefficient (Wildman–Crippen LogP) is 1.72. The van der Waals surface area contributed by atoms with Gasteiger partial charge in [-0.25, -0.2) is 4.98 Å². The van der Waals surface area contributed by atoms with Gasteiger partial charge in [0.15, 0.2) is 11.6 Å². The Morgan fingerprint density at radius 2 is 2.12 bits per heavy atom. The summed E-state index contributed by atoms with van der Waals surface area (Å²) in [5, 5.41) is 0. The molecule has 0 saturated carbocycles. The molecule has 168 valence electrons. The largest absolute Gasteiger partial charge is 0.488 e. The number of carbonyl (C=O) groups excluding carboxylic acids is 2. The first-order valence-corrected chi connectivity index (χ1v) is 10.7. The summed E-state index contributed by atoms with van der Waals surface area (Å²) >= 11 is 0. The van der Waals surface area contributed by atoms with Crippen LogP contribution < -0.4 is 20.9 Å². The zero-order chi connectivity index (χ0) is 22.8. The van der Waals surface area contributed by atoms with E-state index in [1.54, 1.807) is 37.3 Å². The number of hydrogen-bond acceptors (Lipinski definition) is 7. The van der Waals surface area contributed by atoms with Crippen LogP contribution in [0.15, 0.2) is 47.7 Å². The fourth-order valence-electron chi connectivity index (χ4n) is 4.04. The van der Waals surface area contributed by atoms with Crippen LogP contribution in [0.1, 0.15) is 34.9 Å². The number of ether oxygens (including phenoxy) is 1. The van der Waals surface area contributed by atoms with Crippen molar-refractivity contribution in [3.8, 4) is 5.75 Å². The molecule has 4 rings (SSSR count).